The van der Waals surface area contributed by atoms with Crippen molar-refractivity contribution in [3.63, 3.8) is 0 Å². The molecule has 1 aliphatic heterocycles. The number of carboxylic acids is 2. The van der Waals surface area contributed by atoms with Crippen LogP contribution < -0.4 is 10.2 Å². The molecule has 0 unspecified atom stereocenters. The van der Waals surface area contributed by atoms with Gasteiger partial charge in [-0.15, -0.1) is 0 Å². The van der Waals surface area contributed by atoms with Crippen molar-refractivity contribution < 1.29 is 29.4 Å². The minimum absolute atomic E-state index is 0.0128. The topological polar surface area (TPSA) is 118 Å². The number of fused-ring (bicyclic) bond motifs is 1. The molecular weight excluding hydrogens is 298 g/mol. The van der Waals surface area contributed by atoms with E-state index in [0.29, 0.717) is 4.90 Å². The number of hydrogen-bond acceptors (Lipinski definition) is 7. The van der Waals surface area contributed by atoms with Crippen LogP contribution in [-0.2, 0) is 4.79 Å². The molecule has 0 bridgehead atoms. The first-order valence-electron chi connectivity index (χ1n) is 5.81. The highest BCUT2D eigenvalue weighted by Crippen LogP contribution is 2.26. The van der Waals surface area contributed by atoms with Crippen molar-refractivity contribution in [3.8, 4) is 0 Å². The molecule has 7 nitrogen and oxygen atoms in total. The highest BCUT2D eigenvalue weighted by molar-refractivity contribution is 7.98. The zero-order valence-electron chi connectivity index (χ0n) is 10.8. The average Bonchev–Trinajstić information content (AvgIpc) is 2.68. The van der Waals surface area contributed by atoms with E-state index in [-0.39, 0.29) is 22.4 Å². The van der Waals surface area contributed by atoms with Gasteiger partial charge in [-0.05, 0) is 24.0 Å². The number of carbonyl (C=O) groups is 4. The summed E-state index contributed by atoms with van der Waals surface area (Å²) in [6.45, 7) is 0. The number of aromatic carboxylic acids is 1. The van der Waals surface area contributed by atoms with Gasteiger partial charge >= 0.3 is 0 Å². The van der Waals surface area contributed by atoms with Crippen molar-refractivity contribution in [2.24, 2.45) is 0 Å². The van der Waals surface area contributed by atoms with Crippen molar-refractivity contribution in [2.75, 3.05) is 12.0 Å². The molecule has 0 fully saturated rings. The van der Waals surface area contributed by atoms with Gasteiger partial charge in [-0.2, -0.15) is 11.8 Å². The monoisotopic (exact) mass is 307 g/mol. The van der Waals surface area contributed by atoms with Crippen LogP contribution in [0.15, 0.2) is 18.2 Å². The molecule has 0 saturated heterocycles. The molecule has 2 amide bonds. The molecule has 8 heteroatoms. The molecule has 110 valence electrons. The number of thioether (sulfide) groups is 1. The van der Waals surface area contributed by atoms with E-state index in [2.05, 4.69) is 0 Å². The number of nitrogens with zero attached hydrogens (tertiary/aromatic N) is 1. The van der Waals surface area contributed by atoms with Gasteiger partial charge in [0.05, 0.1) is 29.1 Å². The van der Waals surface area contributed by atoms with Crippen molar-refractivity contribution in [1.82, 2.24) is 4.90 Å². The van der Waals surface area contributed by atoms with Crippen LogP contribution in [0.3, 0.4) is 0 Å². The van der Waals surface area contributed by atoms with Gasteiger partial charge in [-0.3, -0.25) is 14.5 Å². The summed E-state index contributed by atoms with van der Waals surface area (Å²) in [6, 6.07) is 1.91. The standard InChI is InChI=1S/C13H11NO6S/c1-21-5-9(13(19)20)14-10(15)7-3-2-6(12(17)18)4-8(7)11(14)16/h2-4,9H,5H2,1H3,(H,17,18)(H,19,20)/p-2/t9-/m0/s1. The molecular formula is C13H9NO6S-2. The number of carbonyl (C=O) groups excluding carboxylic acids is 4. The first kappa shape index (κ1) is 15.0. The van der Waals surface area contributed by atoms with E-state index >= 15 is 0 Å². The summed E-state index contributed by atoms with van der Waals surface area (Å²) in [5.74, 6) is -4.67. The van der Waals surface area contributed by atoms with E-state index < -0.39 is 29.8 Å². The number of imide groups is 1. The third-order valence-electron chi connectivity index (χ3n) is 3.06. The van der Waals surface area contributed by atoms with E-state index in [0.717, 1.165) is 23.9 Å². The van der Waals surface area contributed by atoms with Crippen LogP contribution in [-0.4, -0.2) is 46.7 Å². The van der Waals surface area contributed by atoms with Crippen molar-refractivity contribution in [2.45, 2.75) is 6.04 Å². The first-order chi connectivity index (χ1) is 9.88. The summed E-state index contributed by atoms with van der Waals surface area (Å²) in [4.78, 5) is 46.8. The molecule has 21 heavy (non-hydrogen) atoms. The highest BCUT2D eigenvalue weighted by Gasteiger charge is 2.40. The summed E-state index contributed by atoms with van der Waals surface area (Å²) in [6.07, 6.45) is 1.63. The number of carboxylic acid groups (broad SMARTS) is 2. The van der Waals surface area contributed by atoms with E-state index in [9.17, 15) is 29.4 Å². The average molecular weight is 307 g/mol. The second kappa shape index (κ2) is 5.57. The molecule has 0 spiro atoms. The van der Waals surface area contributed by atoms with Crippen LogP contribution in [0.2, 0.25) is 0 Å². The molecule has 0 aliphatic carbocycles. The molecule has 0 aromatic heterocycles. The molecule has 0 saturated carbocycles. The number of benzene rings is 1. The van der Waals surface area contributed by atoms with Crippen LogP contribution >= 0.6 is 11.8 Å². The third-order valence-corrected chi connectivity index (χ3v) is 3.71. The molecule has 1 aromatic rings. The summed E-state index contributed by atoms with van der Waals surface area (Å²) < 4.78 is 0. The smallest absolute Gasteiger partial charge is 0.262 e. The maximum Gasteiger partial charge on any atom is 0.262 e. The Morgan fingerprint density at radius 2 is 1.81 bits per heavy atom. The van der Waals surface area contributed by atoms with Crippen LogP contribution in [0.25, 0.3) is 0 Å². The summed E-state index contributed by atoms with van der Waals surface area (Å²) in [7, 11) is 0. The Balaban J connectivity index is 2.46. The summed E-state index contributed by atoms with van der Waals surface area (Å²) in [5.41, 5.74) is -0.432. The maximum atomic E-state index is 12.2. The normalized spacial score (nSPS) is 15.0. The van der Waals surface area contributed by atoms with Crippen LogP contribution in [0, 0.1) is 0 Å². The lowest BCUT2D eigenvalue weighted by atomic mass is 10.1. The lowest BCUT2D eigenvalue weighted by molar-refractivity contribution is -0.309. The van der Waals surface area contributed by atoms with Gasteiger partial charge in [0, 0.05) is 5.75 Å². The van der Waals surface area contributed by atoms with Crippen molar-refractivity contribution >= 4 is 35.5 Å². The SMILES string of the molecule is CSC[C@@H](C(=O)[O-])N1C(=O)c2ccc(C(=O)[O-])cc2C1=O. The van der Waals surface area contributed by atoms with Gasteiger partial charge in [0.2, 0.25) is 0 Å². The van der Waals surface area contributed by atoms with Gasteiger partial charge in [0.15, 0.2) is 0 Å². The molecule has 1 heterocycles. The Kier molecular flexibility index (Phi) is 3.99. The Bertz CT molecular complexity index is 656. The molecule has 1 aliphatic rings. The highest BCUT2D eigenvalue weighted by atomic mass is 32.2. The fourth-order valence-electron chi connectivity index (χ4n) is 2.08. The van der Waals surface area contributed by atoms with Crippen LogP contribution in [0.5, 0.6) is 0 Å². The number of hydrogen-bond donors (Lipinski definition) is 0. The molecule has 0 N–H and O–H groups in total. The van der Waals surface area contributed by atoms with Crippen molar-refractivity contribution in [1.29, 1.82) is 0 Å². The molecule has 0 radical (unpaired) electrons. The Hall–Kier alpha value is -2.35. The largest absolute Gasteiger partial charge is 0.548 e. The van der Waals surface area contributed by atoms with Crippen molar-refractivity contribution in [3.05, 3.63) is 34.9 Å². The fraction of sp³-hybridized carbons (Fsp3) is 0.231. The fourth-order valence-corrected chi connectivity index (χ4v) is 2.68. The van der Waals surface area contributed by atoms with Gasteiger partial charge in [-0.25, -0.2) is 0 Å². The van der Waals surface area contributed by atoms with E-state index in [1.807, 2.05) is 0 Å². The summed E-state index contributed by atoms with van der Waals surface area (Å²) in [5, 5.41) is 21.9. The van der Waals surface area contributed by atoms with E-state index in [4.69, 9.17) is 0 Å². The Labute approximate surface area is 123 Å². The lowest BCUT2D eigenvalue weighted by Gasteiger charge is -2.26. The summed E-state index contributed by atoms with van der Waals surface area (Å²) >= 11 is 1.14. The maximum absolute atomic E-state index is 12.2. The quantitative estimate of drug-likeness (QED) is 0.585. The molecule has 1 atom stereocenters. The molecule has 1 aromatic carbocycles. The Morgan fingerprint density at radius 1 is 1.19 bits per heavy atom. The second-order valence-corrected chi connectivity index (χ2v) is 5.23. The van der Waals surface area contributed by atoms with Crippen LogP contribution in [0.1, 0.15) is 31.1 Å². The predicted octanol–water partition coefficient (Wildman–Crippen LogP) is -1.87. The number of amides is 2. The zero-order valence-corrected chi connectivity index (χ0v) is 11.6. The van der Waals surface area contributed by atoms with Gasteiger partial charge in [0.1, 0.15) is 0 Å². The lowest BCUT2D eigenvalue weighted by Crippen LogP contribution is -2.52. The Morgan fingerprint density at radius 3 is 2.33 bits per heavy atom. The minimum atomic E-state index is -1.54. The van der Waals surface area contributed by atoms with E-state index in [1.165, 1.54) is 6.07 Å². The third kappa shape index (κ3) is 2.49. The first-order valence-corrected chi connectivity index (χ1v) is 7.21. The second-order valence-electron chi connectivity index (χ2n) is 4.32. The minimum Gasteiger partial charge on any atom is -0.548 e. The van der Waals surface area contributed by atoms with Gasteiger partial charge < -0.3 is 19.8 Å². The van der Waals surface area contributed by atoms with Gasteiger partial charge in [-0.1, -0.05) is 6.07 Å². The van der Waals surface area contributed by atoms with Crippen LogP contribution in [0.4, 0.5) is 0 Å². The van der Waals surface area contributed by atoms with E-state index in [1.54, 1.807) is 6.26 Å². The molecule has 2 rings (SSSR count). The number of aliphatic carboxylic acids is 1. The zero-order chi connectivity index (χ0) is 15.7. The van der Waals surface area contributed by atoms with Gasteiger partial charge in [0.25, 0.3) is 11.8 Å². The predicted molar refractivity (Wildman–Crippen MR) is 68.4 cm³/mol. The number of rotatable bonds is 5.